The van der Waals surface area contributed by atoms with Crippen molar-refractivity contribution in [1.29, 1.82) is 0 Å². The Bertz CT molecular complexity index is 1020. The lowest BCUT2D eigenvalue weighted by Gasteiger charge is -2.27. The number of aromatic nitrogens is 5. The zero-order valence-corrected chi connectivity index (χ0v) is 16.7. The molecule has 1 aliphatic rings. The number of hydrazone groups is 1. The molecule has 1 fully saturated rings. The van der Waals surface area contributed by atoms with E-state index in [1.165, 1.54) is 9.58 Å². The summed E-state index contributed by atoms with van der Waals surface area (Å²) in [6.07, 6.45) is 3.83. The first-order valence-electron chi connectivity index (χ1n) is 9.87. The molecule has 1 saturated heterocycles. The van der Waals surface area contributed by atoms with Gasteiger partial charge in [-0.3, -0.25) is 4.79 Å². The van der Waals surface area contributed by atoms with Crippen molar-refractivity contribution >= 4 is 17.9 Å². The number of rotatable bonds is 6. The van der Waals surface area contributed by atoms with E-state index >= 15 is 0 Å². The molecule has 0 aliphatic carbocycles. The minimum absolute atomic E-state index is 0.0810. The van der Waals surface area contributed by atoms with E-state index in [0.717, 1.165) is 31.5 Å². The van der Waals surface area contributed by atoms with Crippen molar-refractivity contribution in [2.24, 2.45) is 11.0 Å². The molecule has 11 nitrogen and oxygen atoms in total. The Hall–Kier alpha value is -3.60. The van der Waals surface area contributed by atoms with Crippen LogP contribution in [0.1, 0.15) is 41.5 Å². The molecule has 0 atom stereocenters. The molecular weight excluding hydrogens is 386 g/mol. The molecule has 11 heteroatoms. The second kappa shape index (κ2) is 8.82. The molecule has 3 heterocycles. The average molecular weight is 410 g/mol. The molecule has 1 aliphatic heterocycles. The third-order valence-electron chi connectivity index (χ3n) is 5.25. The SMILES string of the molecule is CC1CC[NH+](Cc2c(C(=O)NN=Cc3ccccc3)nnn2-c2nonc2N)CC1. The first-order chi connectivity index (χ1) is 14.6. The fraction of sp³-hybridized carbons (Fsp3) is 0.368. The molecular formula is C19H24N9O2+. The summed E-state index contributed by atoms with van der Waals surface area (Å²) in [4.78, 5) is 14.1. The smallest absolute Gasteiger partial charge is 0.294 e. The number of likely N-dealkylation sites (tertiary alicyclic amines) is 1. The Morgan fingerprint density at radius 3 is 2.80 bits per heavy atom. The van der Waals surface area contributed by atoms with Crippen LogP contribution in [0.2, 0.25) is 0 Å². The van der Waals surface area contributed by atoms with Crippen molar-refractivity contribution in [3.63, 3.8) is 0 Å². The van der Waals surface area contributed by atoms with Gasteiger partial charge in [0, 0.05) is 0 Å². The van der Waals surface area contributed by atoms with Crippen LogP contribution < -0.4 is 16.1 Å². The van der Waals surface area contributed by atoms with Gasteiger partial charge in [-0.15, -0.1) is 5.10 Å². The Morgan fingerprint density at radius 1 is 1.33 bits per heavy atom. The monoisotopic (exact) mass is 410 g/mol. The summed E-state index contributed by atoms with van der Waals surface area (Å²) >= 11 is 0. The van der Waals surface area contributed by atoms with E-state index in [9.17, 15) is 4.79 Å². The number of nitrogens with one attached hydrogen (secondary N) is 2. The highest BCUT2D eigenvalue weighted by molar-refractivity contribution is 5.94. The van der Waals surface area contributed by atoms with Gasteiger partial charge in [0.05, 0.1) is 19.3 Å². The van der Waals surface area contributed by atoms with Crippen LogP contribution in [-0.2, 0) is 6.54 Å². The number of benzene rings is 1. The predicted octanol–water partition coefficient (Wildman–Crippen LogP) is -0.189. The highest BCUT2D eigenvalue weighted by Gasteiger charge is 2.28. The third kappa shape index (κ3) is 4.35. The van der Waals surface area contributed by atoms with Gasteiger partial charge in [-0.25, -0.2) is 10.1 Å². The number of nitrogens with zero attached hydrogens (tertiary/aromatic N) is 6. The fourth-order valence-electron chi connectivity index (χ4n) is 3.49. The largest absolute Gasteiger partial charge is 0.378 e. The van der Waals surface area contributed by atoms with E-state index in [1.807, 2.05) is 30.3 Å². The number of nitrogens with two attached hydrogens (primary N) is 1. The lowest BCUT2D eigenvalue weighted by Crippen LogP contribution is -3.11. The van der Waals surface area contributed by atoms with E-state index in [-0.39, 0.29) is 17.3 Å². The van der Waals surface area contributed by atoms with Gasteiger partial charge in [0.25, 0.3) is 5.91 Å². The molecule has 30 heavy (non-hydrogen) atoms. The van der Waals surface area contributed by atoms with Crippen LogP contribution in [0.15, 0.2) is 40.1 Å². The molecule has 156 valence electrons. The number of hydrogen-bond donors (Lipinski definition) is 3. The topological polar surface area (TPSA) is 142 Å². The summed E-state index contributed by atoms with van der Waals surface area (Å²) in [5.41, 5.74) is 9.99. The van der Waals surface area contributed by atoms with Gasteiger partial charge < -0.3 is 10.6 Å². The zero-order valence-electron chi connectivity index (χ0n) is 16.7. The standard InChI is InChI=1S/C19H23N9O2/c1-13-7-9-27(10-8-13)12-15-16(22-26-28(15)18-17(20)24-30-25-18)19(29)23-21-11-14-5-3-2-4-6-14/h2-6,11,13H,7-10,12H2,1H3,(H2,20,24)(H,23,29)/p+1. The second-order valence-electron chi connectivity index (χ2n) is 7.49. The van der Waals surface area contributed by atoms with Crippen LogP contribution in [0, 0.1) is 5.92 Å². The summed E-state index contributed by atoms with van der Waals surface area (Å²) in [6, 6.07) is 9.47. The summed E-state index contributed by atoms with van der Waals surface area (Å²) < 4.78 is 6.12. The predicted molar refractivity (Wildman–Crippen MR) is 108 cm³/mol. The van der Waals surface area contributed by atoms with E-state index in [0.29, 0.717) is 18.2 Å². The van der Waals surface area contributed by atoms with Gasteiger partial charge in [-0.1, -0.05) is 42.5 Å². The summed E-state index contributed by atoms with van der Waals surface area (Å²) in [6.45, 7) is 4.82. The van der Waals surface area contributed by atoms with Gasteiger partial charge in [0.1, 0.15) is 12.2 Å². The fourth-order valence-corrected chi connectivity index (χ4v) is 3.49. The quantitative estimate of drug-likeness (QED) is 0.378. The number of piperidine rings is 1. The molecule has 1 aromatic carbocycles. The second-order valence-corrected chi connectivity index (χ2v) is 7.49. The van der Waals surface area contributed by atoms with Crippen molar-refractivity contribution in [2.45, 2.75) is 26.3 Å². The van der Waals surface area contributed by atoms with Gasteiger partial charge in [0.2, 0.25) is 11.6 Å². The van der Waals surface area contributed by atoms with Gasteiger partial charge >= 0.3 is 0 Å². The molecule has 0 bridgehead atoms. The Balaban J connectivity index is 1.57. The van der Waals surface area contributed by atoms with Crippen LogP contribution in [0.5, 0.6) is 0 Å². The van der Waals surface area contributed by atoms with Crippen molar-refractivity contribution in [1.82, 2.24) is 30.7 Å². The van der Waals surface area contributed by atoms with E-state index < -0.39 is 5.91 Å². The molecule has 3 aromatic rings. The number of carbonyl (C=O) groups is 1. The summed E-state index contributed by atoms with van der Waals surface area (Å²) in [5, 5.41) is 19.6. The van der Waals surface area contributed by atoms with Crippen LogP contribution in [0.25, 0.3) is 5.82 Å². The van der Waals surface area contributed by atoms with Crippen molar-refractivity contribution in [3.8, 4) is 5.82 Å². The molecule has 0 saturated carbocycles. The minimum Gasteiger partial charge on any atom is -0.378 e. The lowest BCUT2D eigenvalue weighted by molar-refractivity contribution is -0.920. The first kappa shape index (κ1) is 19.7. The number of carbonyl (C=O) groups excluding carboxylic acids is 1. The highest BCUT2D eigenvalue weighted by Crippen LogP contribution is 2.16. The van der Waals surface area contributed by atoms with Gasteiger partial charge in [0.15, 0.2) is 5.69 Å². The molecule has 0 unspecified atom stereocenters. The first-order valence-corrected chi connectivity index (χ1v) is 9.87. The number of hydrogen-bond acceptors (Lipinski definition) is 8. The van der Waals surface area contributed by atoms with Crippen molar-refractivity contribution < 1.29 is 14.3 Å². The molecule has 4 rings (SSSR count). The summed E-state index contributed by atoms with van der Waals surface area (Å²) in [7, 11) is 0. The maximum Gasteiger partial charge on any atom is 0.294 e. The number of anilines is 1. The highest BCUT2D eigenvalue weighted by atomic mass is 16.6. The molecule has 0 spiro atoms. The van der Waals surface area contributed by atoms with Crippen molar-refractivity contribution in [2.75, 3.05) is 18.8 Å². The minimum atomic E-state index is -0.455. The Morgan fingerprint density at radius 2 is 2.10 bits per heavy atom. The van der Waals surface area contributed by atoms with E-state index in [4.69, 9.17) is 10.4 Å². The van der Waals surface area contributed by atoms with Gasteiger partial charge in [-0.2, -0.15) is 9.78 Å². The lowest BCUT2D eigenvalue weighted by atomic mass is 9.99. The van der Waals surface area contributed by atoms with Crippen LogP contribution in [0.3, 0.4) is 0 Å². The van der Waals surface area contributed by atoms with Gasteiger partial charge in [-0.05, 0) is 34.6 Å². The van der Waals surface area contributed by atoms with Crippen molar-refractivity contribution in [3.05, 3.63) is 47.3 Å². The van der Waals surface area contributed by atoms with Crippen LogP contribution >= 0.6 is 0 Å². The number of quaternary nitrogens is 1. The van der Waals surface area contributed by atoms with E-state index in [2.05, 4.69) is 38.1 Å². The number of amides is 1. The van der Waals surface area contributed by atoms with Crippen LogP contribution in [-0.4, -0.2) is 50.5 Å². The molecule has 2 aromatic heterocycles. The Kier molecular flexibility index (Phi) is 5.80. The molecule has 1 amide bonds. The molecule has 0 radical (unpaired) electrons. The maximum atomic E-state index is 12.8. The number of nitrogen functional groups attached to an aromatic ring is 1. The van der Waals surface area contributed by atoms with E-state index in [1.54, 1.807) is 6.21 Å². The third-order valence-corrected chi connectivity index (χ3v) is 5.25. The normalized spacial score (nSPS) is 19.2. The Labute approximate surface area is 172 Å². The van der Waals surface area contributed by atoms with Crippen LogP contribution in [0.4, 0.5) is 5.82 Å². The maximum absolute atomic E-state index is 12.8. The zero-order chi connectivity index (χ0) is 20.9. The summed E-state index contributed by atoms with van der Waals surface area (Å²) in [5.74, 6) is 0.553. The molecule has 4 N–H and O–H groups in total. The average Bonchev–Trinajstić information content (AvgIpc) is 3.36.